The number of nitro groups is 1. The van der Waals surface area contributed by atoms with Crippen LogP contribution < -0.4 is 10.5 Å². The molecular weight excluding hydrogens is 424 g/mol. The molecule has 2 amide bonds. The van der Waals surface area contributed by atoms with Gasteiger partial charge in [0.25, 0.3) is 11.6 Å². The van der Waals surface area contributed by atoms with E-state index in [4.69, 9.17) is 5.14 Å². The summed E-state index contributed by atoms with van der Waals surface area (Å²) in [5.41, 5.74) is 1.23. The van der Waals surface area contributed by atoms with Crippen molar-refractivity contribution in [3.8, 4) is 0 Å². The molecule has 1 aliphatic heterocycles. The predicted molar refractivity (Wildman–Crippen MR) is 113 cm³/mol. The summed E-state index contributed by atoms with van der Waals surface area (Å²) >= 11 is 0. The zero-order chi connectivity index (χ0) is 22.9. The van der Waals surface area contributed by atoms with Crippen molar-refractivity contribution < 1.29 is 22.9 Å². The first-order chi connectivity index (χ1) is 14.5. The minimum Gasteiger partial charge on any atom is -0.327 e. The molecule has 0 saturated carbocycles. The van der Waals surface area contributed by atoms with Crippen molar-refractivity contribution in [3.05, 3.63) is 63.2 Å². The molecule has 3 rings (SSSR count). The summed E-state index contributed by atoms with van der Waals surface area (Å²) in [6.07, 6.45) is 1.06. The Kier molecular flexibility index (Phi) is 6.09. The third-order valence-electron chi connectivity index (χ3n) is 5.22. The van der Waals surface area contributed by atoms with Crippen LogP contribution in [-0.4, -0.2) is 42.6 Å². The summed E-state index contributed by atoms with van der Waals surface area (Å²) in [6, 6.07) is 7.71. The minimum absolute atomic E-state index is 0.0858. The average molecular weight is 446 g/mol. The highest BCUT2D eigenvalue weighted by Crippen LogP contribution is 2.25. The summed E-state index contributed by atoms with van der Waals surface area (Å²) in [5.74, 6) is -0.849. The van der Waals surface area contributed by atoms with Crippen molar-refractivity contribution in [2.75, 3.05) is 11.9 Å². The van der Waals surface area contributed by atoms with Crippen LogP contribution in [0.4, 0.5) is 11.4 Å². The molecule has 3 N–H and O–H groups in total. The predicted octanol–water partition coefficient (Wildman–Crippen LogP) is 2.10. The highest BCUT2D eigenvalue weighted by molar-refractivity contribution is 7.89. The molecule has 10 nitrogen and oxygen atoms in total. The van der Waals surface area contributed by atoms with E-state index in [-0.39, 0.29) is 21.8 Å². The minimum atomic E-state index is -3.95. The molecule has 11 heteroatoms. The molecule has 31 heavy (non-hydrogen) atoms. The number of nitrogens with one attached hydrogen (secondary N) is 1. The van der Waals surface area contributed by atoms with Gasteiger partial charge < -0.3 is 10.2 Å². The normalized spacial score (nSPS) is 16.2. The SMILES string of the molecule is Cc1cc(C(=O)N2CCCC2C(=O)Nc2ccc(C)c(S(N)(=O)=O)c2)ccc1[N+](=O)[O-]. The van der Waals surface area contributed by atoms with Gasteiger partial charge in [0.2, 0.25) is 15.9 Å². The average Bonchev–Trinajstić information content (AvgIpc) is 3.17. The number of carbonyl (C=O) groups is 2. The Bertz CT molecular complexity index is 1180. The van der Waals surface area contributed by atoms with E-state index >= 15 is 0 Å². The van der Waals surface area contributed by atoms with Crippen LogP contribution >= 0.6 is 0 Å². The zero-order valence-electron chi connectivity index (χ0n) is 17.0. The van der Waals surface area contributed by atoms with Crippen molar-refractivity contribution >= 4 is 33.2 Å². The number of rotatable bonds is 5. The van der Waals surface area contributed by atoms with Crippen LogP contribution in [0.5, 0.6) is 0 Å². The number of nitrogens with two attached hydrogens (primary N) is 1. The van der Waals surface area contributed by atoms with Crippen molar-refractivity contribution in [1.29, 1.82) is 0 Å². The van der Waals surface area contributed by atoms with Gasteiger partial charge in [0.15, 0.2) is 0 Å². The Morgan fingerprint density at radius 3 is 2.48 bits per heavy atom. The summed E-state index contributed by atoms with van der Waals surface area (Å²) in [6.45, 7) is 3.50. The summed E-state index contributed by atoms with van der Waals surface area (Å²) in [4.78, 5) is 37.6. The molecule has 0 aliphatic carbocycles. The fraction of sp³-hybridized carbons (Fsp3) is 0.300. The van der Waals surface area contributed by atoms with Crippen molar-refractivity contribution in [3.63, 3.8) is 0 Å². The van der Waals surface area contributed by atoms with Crippen molar-refractivity contribution in [1.82, 2.24) is 4.90 Å². The molecule has 1 fully saturated rings. The van der Waals surface area contributed by atoms with E-state index in [1.807, 2.05) is 0 Å². The van der Waals surface area contributed by atoms with Gasteiger partial charge in [-0.15, -0.1) is 0 Å². The van der Waals surface area contributed by atoms with Gasteiger partial charge in [0, 0.05) is 29.4 Å². The highest BCUT2D eigenvalue weighted by atomic mass is 32.2. The monoisotopic (exact) mass is 446 g/mol. The van der Waals surface area contributed by atoms with Gasteiger partial charge in [0.1, 0.15) is 6.04 Å². The lowest BCUT2D eigenvalue weighted by Crippen LogP contribution is -2.43. The number of hydrogen-bond donors (Lipinski definition) is 2. The molecule has 1 heterocycles. The van der Waals surface area contributed by atoms with Crippen LogP contribution in [0.3, 0.4) is 0 Å². The quantitative estimate of drug-likeness (QED) is 0.530. The van der Waals surface area contributed by atoms with Crippen LogP contribution in [-0.2, 0) is 14.8 Å². The van der Waals surface area contributed by atoms with Crippen LogP contribution in [0, 0.1) is 24.0 Å². The van der Waals surface area contributed by atoms with E-state index < -0.39 is 32.8 Å². The first kappa shape index (κ1) is 22.4. The van der Waals surface area contributed by atoms with Gasteiger partial charge in [0.05, 0.1) is 9.82 Å². The van der Waals surface area contributed by atoms with E-state index in [0.717, 1.165) is 0 Å². The standard InChI is InChI=1S/C20H22N4O6S/c1-12-5-7-15(11-18(12)31(21,29)30)22-19(25)17-4-3-9-23(17)20(26)14-6-8-16(24(27)28)13(2)10-14/h5-8,10-11,17H,3-4,9H2,1-2H3,(H,22,25)(H2,21,29,30). The Hall–Kier alpha value is -3.31. The molecule has 0 aromatic heterocycles. The molecule has 0 spiro atoms. The Labute approximate surface area is 179 Å². The van der Waals surface area contributed by atoms with Gasteiger partial charge in [-0.1, -0.05) is 6.07 Å². The van der Waals surface area contributed by atoms with E-state index in [9.17, 15) is 28.1 Å². The fourth-order valence-electron chi connectivity index (χ4n) is 3.65. The smallest absolute Gasteiger partial charge is 0.272 e. The number of aryl methyl sites for hydroxylation is 2. The lowest BCUT2D eigenvalue weighted by atomic mass is 10.1. The lowest BCUT2D eigenvalue weighted by Gasteiger charge is -2.24. The number of primary sulfonamides is 1. The first-order valence-electron chi connectivity index (χ1n) is 9.49. The molecule has 1 atom stereocenters. The first-order valence-corrected chi connectivity index (χ1v) is 11.0. The number of hydrogen-bond acceptors (Lipinski definition) is 6. The third-order valence-corrected chi connectivity index (χ3v) is 6.27. The van der Waals surface area contributed by atoms with E-state index in [0.29, 0.717) is 30.5 Å². The van der Waals surface area contributed by atoms with Crippen LogP contribution in [0.2, 0.25) is 0 Å². The number of anilines is 1. The fourth-order valence-corrected chi connectivity index (χ4v) is 4.46. The number of benzene rings is 2. The second-order valence-electron chi connectivity index (χ2n) is 7.43. The second-order valence-corrected chi connectivity index (χ2v) is 8.96. The molecule has 1 aliphatic rings. The molecule has 1 unspecified atom stereocenters. The summed E-state index contributed by atoms with van der Waals surface area (Å²) in [7, 11) is -3.95. The molecular formula is C20H22N4O6S. The molecule has 0 bridgehead atoms. The zero-order valence-corrected chi connectivity index (χ0v) is 17.8. The summed E-state index contributed by atoms with van der Waals surface area (Å²) < 4.78 is 23.4. The molecule has 1 saturated heterocycles. The number of carbonyl (C=O) groups excluding carboxylic acids is 2. The maximum Gasteiger partial charge on any atom is 0.272 e. The van der Waals surface area contributed by atoms with Gasteiger partial charge in [-0.05, 0) is 56.5 Å². The second kappa shape index (κ2) is 8.44. The maximum absolute atomic E-state index is 13.0. The van der Waals surface area contributed by atoms with E-state index in [1.165, 1.54) is 35.2 Å². The lowest BCUT2D eigenvalue weighted by molar-refractivity contribution is -0.385. The van der Waals surface area contributed by atoms with Gasteiger partial charge in [-0.25, -0.2) is 13.6 Å². The van der Waals surface area contributed by atoms with Crippen LogP contribution in [0.25, 0.3) is 0 Å². The van der Waals surface area contributed by atoms with Crippen molar-refractivity contribution in [2.45, 2.75) is 37.6 Å². The van der Waals surface area contributed by atoms with E-state index in [2.05, 4.69) is 5.32 Å². The molecule has 164 valence electrons. The summed E-state index contributed by atoms with van der Waals surface area (Å²) in [5, 5.41) is 18.9. The Balaban J connectivity index is 1.80. The van der Waals surface area contributed by atoms with Crippen LogP contribution in [0.15, 0.2) is 41.3 Å². The molecule has 2 aromatic rings. The van der Waals surface area contributed by atoms with Gasteiger partial charge in [-0.3, -0.25) is 19.7 Å². The Morgan fingerprint density at radius 1 is 1.16 bits per heavy atom. The number of nitrogens with zero attached hydrogens (tertiary/aromatic N) is 2. The van der Waals surface area contributed by atoms with Gasteiger partial charge in [-0.2, -0.15) is 0 Å². The van der Waals surface area contributed by atoms with Crippen LogP contribution in [0.1, 0.15) is 34.3 Å². The topological polar surface area (TPSA) is 153 Å². The molecule has 2 aromatic carbocycles. The third kappa shape index (κ3) is 4.72. The number of likely N-dealkylation sites (tertiary alicyclic amines) is 1. The van der Waals surface area contributed by atoms with E-state index in [1.54, 1.807) is 19.9 Å². The maximum atomic E-state index is 13.0. The molecule has 0 radical (unpaired) electrons. The number of amides is 2. The van der Waals surface area contributed by atoms with Gasteiger partial charge >= 0.3 is 0 Å². The number of sulfonamides is 1. The largest absolute Gasteiger partial charge is 0.327 e. The number of nitro benzene ring substituents is 1. The Morgan fingerprint density at radius 2 is 1.87 bits per heavy atom. The van der Waals surface area contributed by atoms with Crippen molar-refractivity contribution in [2.24, 2.45) is 5.14 Å². The highest BCUT2D eigenvalue weighted by Gasteiger charge is 2.35.